The van der Waals surface area contributed by atoms with E-state index in [0.717, 1.165) is 0 Å². The molecule has 1 N–H and O–H groups in total. The van der Waals surface area contributed by atoms with Crippen molar-refractivity contribution in [1.82, 2.24) is 0 Å². The number of nitrogens with one attached hydrogen (secondary N) is 1. The third kappa shape index (κ3) is 4.32. The van der Waals surface area contributed by atoms with Gasteiger partial charge in [0.05, 0.1) is 29.2 Å². The molecule has 1 amide bonds. The minimum atomic E-state index is -0.586. The van der Waals surface area contributed by atoms with Gasteiger partial charge in [-0.1, -0.05) is 23.2 Å². The number of hydrogen-bond acceptors (Lipinski definition) is 5. The second-order valence-electron chi connectivity index (χ2n) is 4.80. The van der Waals surface area contributed by atoms with Gasteiger partial charge in [0.2, 0.25) is 0 Å². The SMILES string of the molecule is CCOc1ccc(NC(=O)c2cc(Cl)cc(Cl)c2OC)cc1[N+](=O)[O-]. The number of anilines is 1. The molecule has 0 aliphatic rings. The van der Waals surface area contributed by atoms with E-state index in [9.17, 15) is 14.9 Å². The number of methoxy groups -OCH3 is 1. The summed E-state index contributed by atoms with van der Waals surface area (Å²) in [4.78, 5) is 23.0. The molecule has 0 aromatic heterocycles. The summed E-state index contributed by atoms with van der Waals surface area (Å²) in [5, 5.41) is 14.1. The lowest BCUT2D eigenvalue weighted by Gasteiger charge is -2.12. The van der Waals surface area contributed by atoms with Crippen LogP contribution in [0.3, 0.4) is 0 Å². The highest BCUT2D eigenvalue weighted by atomic mass is 35.5. The highest BCUT2D eigenvalue weighted by Gasteiger charge is 2.20. The summed E-state index contributed by atoms with van der Waals surface area (Å²) in [7, 11) is 1.37. The molecule has 0 heterocycles. The molecule has 9 heteroatoms. The van der Waals surface area contributed by atoms with Gasteiger partial charge in [-0.3, -0.25) is 14.9 Å². The van der Waals surface area contributed by atoms with Gasteiger partial charge in [-0.15, -0.1) is 0 Å². The number of hydrogen-bond donors (Lipinski definition) is 1. The lowest BCUT2D eigenvalue weighted by Crippen LogP contribution is -2.13. The van der Waals surface area contributed by atoms with Gasteiger partial charge in [0.1, 0.15) is 5.75 Å². The molecular formula is C16H14Cl2N2O5. The summed E-state index contributed by atoms with van der Waals surface area (Å²) in [6.07, 6.45) is 0. The number of benzene rings is 2. The molecule has 2 aromatic rings. The average Bonchev–Trinajstić information content (AvgIpc) is 2.55. The summed E-state index contributed by atoms with van der Waals surface area (Å²) in [6.45, 7) is 2.00. The van der Waals surface area contributed by atoms with Crippen molar-refractivity contribution in [3.63, 3.8) is 0 Å². The first-order valence-corrected chi connectivity index (χ1v) is 7.88. The number of nitro benzene ring substituents is 1. The number of nitrogens with zero attached hydrogens (tertiary/aromatic N) is 1. The summed E-state index contributed by atoms with van der Waals surface area (Å²) < 4.78 is 10.3. The van der Waals surface area contributed by atoms with Crippen molar-refractivity contribution < 1.29 is 19.2 Å². The average molecular weight is 385 g/mol. The number of halogens is 2. The van der Waals surface area contributed by atoms with Gasteiger partial charge < -0.3 is 14.8 Å². The van der Waals surface area contributed by atoms with Crippen LogP contribution in [-0.2, 0) is 0 Å². The lowest BCUT2D eigenvalue weighted by molar-refractivity contribution is -0.385. The second kappa shape index (κ2) is 8.04. The van der Waals surface area contributed by atoms with Gasteiger partial charge >= 0.3 is 5.69 Å². The van der Waals surface area contributed by atoms with Crippen molar-refractivity contribution >= 4 is 40.5 Å². The molecule has 0 radical (unpaired) electrons. The highest BCUT2D eigenvalue weighted by molar-refractivity contribution is 6.36. The van der Waals surface area contributed by atoms with Crippen LogP contribution in [0.4, 0.5) is 11.4 Å². The summed E-state index contributed by atoms with van der Waals surface area (Å²) in [5.41, 5.74) is 0.0746. The molecule has 132 valence electrons. The molecule has 25 heavy (non-hydrogen) atoms. The molecular weight excluding hydrogens is 371 g/mol. The van der Waals surface area contributed by atoms with E-state index in [1.54, 1.807) is 6.92 Å². The quantitative estimate of drug-likeness (QED) is 0.582. The van der Waals surface area contributed by atoms with Crippen molar-refractivity contribution in [1.29, 1.82) is 0 Å². The van der Waals surface area contributed by atoms with Gasteiger partial charge in [0.15, 0.2) is 5.75 Å². The van der Waals surface area contributed by atoms with Crippen molar-refractivity contribution in [3.8, 4) is 11.5 Å². The van der Waals surface area contributed by atoms with Crippen LogP contribution in [0.5, 0.6) is 11.5 Å². The lowest BCUT2D eigenvalue weighted by atomic mass is 10.1. The Kier molecular flexibility index (Phi) is 6.06. The second-order valence-corrected chi connectivity index (χ2v) is 5.64. The number of carbonyl (C=O) groups is 1. The van der Waals surface area contributed by atoms with Crippen molar-refractivity contribution in [2.45, 2.75) is 6.92 Å². The maximum absolute atomic E-state index is 12.5. The molecule has 0 fully saturated rings. The van der Waals surface area contributed by atoms with Gasteiger partial charge in [0, 0.05) is 16.8 Å². The molecule has 0 saturated heterocycles. The van der Waals surface area contributed by atoms with E-state index in [1.807, 2.05) is 0 Å². The fourth-order valence-corrected chi connectivity index (χ4v) is 2.72. The third-order valence-corrected chi connectivity index (χ3v) is 3.67. The summed E-state index contributed by atoms with van der Waals surface area (Å²) in [5.74, 6) is -0.294. The largest absolute Gasteiger partial charge is 0.494 e. The van der Waals surface area contributed by atoms with Crippen LogP contribution in [0.1, 0.15) is 17.3 Å². The van der Waals surface area contributed by atoms with Crippen LogP contribution in [0.15, 0.2) is 30.3 Å². The van der Waals surface area contributed by atoms with Crippen LogP contribution in [-0.4, -0.2) is 24.5 Å². The van der Waals surface area contributed by atoms with Crippen LogP contribution < -0.4 is 14.8 Å². The van der Waals surface area contributed by atoms with E-state index in [4.69, 9.17) is 32.7 Å². The number of ether oxygens (including phenoxy) is 2. The zero-order valence-corrected chi connectivity index (χ0v) is 14.9. The topological polar surface area (TPSA) is 90.7 Å². The monoisotopic (exact) mass is 384 g/mol. The van der Waals surface area contributed by atoms with Gasteiger partial charge in [-0.2, -0.15) is 0 Å². The number of carbonyl (C=O) groups excluding carboxylic acids is 1. The number of amides is 1. The number of nitro groups is 1. The Labute approximate surface area is 153 Å². The fourth-order valence-electron chi connectivity index (χ4n) is 2.15. The van der Waals surface area contributed by atoms with Crippen LogP contribution in [0.2, 0.25) is 10.0 Å². The molecule has 2 rings (SSSR count). The van der Waals surface area contributed by atoms with Crippen LogP contribution in [0, 0.1) is 10.1 Å². The molecule has 0 saturated carbocycles. The Balaban J connectivity index is 2.35. The standard InChI is InChI=1S/C16H14Cl2N2O5/c1-3-25-14-5-4-10(8-13(14)20(22)23)19-16(21)11-6-9(17)7-12(18)15(11)24-2/h4-8H,3H2,1-2H3,(H,19,21). The van der Waals surface area contributed by atoms with Crippen molar-refractivity contribution in [2.75, 3.05) is 19.0 Å². The third-order valence-electron chi connectivity index (χ3n) is 3.17. The smallest absolute Gasteiger partial charge is 0.312 e. The Hall–Kier alpha value is -2.51. The van der Waals surface area contributed by atoms with Crippen molar-refractivity contribution in [3.05, 3.63) is 56.1 Å². The first kappa shape index (κ1) is 18.8. The molecule has 0 aliphatic carbocycles. The minimum Gasteiger partial charge on any atom is -0.494 e. The van der Waals surface area contributed by atoms with E-state index in [0.29, 0.717) is 0 Å². The van der Waals surface area contributed by atoms with Gasteiger partial charge in [0.25, 0.3) is 5.91 Å². The highest BCUT2D eigenvalue weighted by Crippen LogP contribution is 2.34. The Bertz CT molecular complexity index is 826. The van der Waals surface area contributed by atoms with E-state index in [2.05, 4.69) is 5.32 Å². The maximum Gasteiger partial charge on any atom is 0.312 e. The Morgan fingerprint density at radius 3 is 2.60 bits per heavy atom. The summed E-state index contributed by atoms with van der Waals surface area (Å²) in [6, 6.07) is 6.96. The predicted octanol–water partition coefficient (Wildman–Crippen LogP) is 4.56. The Morgan fingerprint density at radius 1 is 1.28 bits per heavy atom. The first-order chi connectivity index (χ1) is 11.9. The van der Waals surface area contributed by atoms with Gasteiger partial charge in [-0.25, -0.2) is 0 Å². The Morgan fingerprint density at radius 2 is 2.00 bits per heavy atom. The van der Waals surface area contributed by atoms with Crippen molar-refractivity contribution in [2.24, 2.45) is 0 Å². The maximum atomic E-state index is 12.5. The van der Waals surface area contributed by atoms with E-state index in [-0.39, 0.29) is 45.1 Å². The first-order valence-electron chi connectivity index (χ1n) is 7.13. The van der Waals surface area contributed by atoms with Crippen LogP contribution in [0.25, 0.3) is 0 Å². The summed E-state index contributed by atoms with van der Waals surface area (Å²) >= 11 is 11.9. The molecule has 7 nitrogen and oxygen atoms in total. The van der Waals surface area contributed by atoms with Gasteiger partial charge in [-0.05, 0) is 31.2 Å². The normalized spacial score (nSPS) is 10.2. The molecule has 0 unspecified atom stereocenters. The molecule has 0 spiro atoms. The predicted molar refractivity (Wildman–Crippen MR) is 95.2 cm³/mol. The zero-order valence-electron chi connectivity index (χ0n) is 13.3. The number of rotatable bonds is 6. The molecule has 0 aliphatic heterocycles. The molecule has 0 atom stereocenters. The van der Waals surface area contributed by atoms with Crippen LogP contribution >= 0.6 is 23.2 Å². The fraction of sp³-hybridized carbons (Fsp3) is 0.188. The van der Waals surface area contributed by atoms with E-state index >= 15 is 0 Å². The zero-order chi connectivity index (χ0) is 18.6. The van der Waals surface area contributed by atoms with E-state index in [1.165, 1.54) is 37.4 Å². The van der Waals surface area contributed by atoms with E-state index < -0.39 is 10.8 Å². The molecule has 0 bridgehead atoms. The minimum absolute atomic E-state index is 0.108. The molecule has 2 aromatic carbocycles.